The molecular weight excluding hydrogens is 251 g/mol. The number of aryl methyl sites for hydroxylation is 1. The van der Waals surface area contributed by atoms with E-state index in [-0.39, 0.29) is 5.56 Å². The summed E-state index contributed by atoms with van der Waals surface area (Å²) in [7, 11) is 1.58. The third kappa shape index (κ3) is 2.63. The van der Waals surface area contributed by atoms with Crippen molar-refractivity contribution in [1.82, 2.24) is 5.32 Å². The molecule has 0 bridgehead atoms. The van der Waals surface area contributed by atoms with Gasteiger partial charge in [0.1, 0.15) is 17.5 Å². The van der Waals surface area contributed by atoms with Gasteiger partial charge in [-0.1, -0.05) is 18.2 Å². The summed E-state index contributed by atoms with van der Waals surface area (Å²) in [5.74, 6) is -1.69. The van der Waals surface area contributed by atoms with E-state index in [0.717, 1.165) is 0 Å². The van der Waals surface area contributed by atoms with Crippen molar-refractivity contribution in [2.75, 3.05) is 7.05 Å². The minimum absolute atomic E-state index is 0.0897. The van der Waals surface area contributed by atoms with E-state index in [1.165, 1.54) is 30.3 Å². The predicted molar refractivity (Wildman–Crippen MR) is 68.4 cm³/mol. The first-order chi connectivity index (χ1) is 9.04. The standard InChI is InChI=1S/C15H14F3N/c1-9-6-7-12(17)13(14(9)18)15(19-2)10-4-3-5-11(16)8-10/h3-8,15,19H,1-2H3. The van der Waals surface area contributed by atoms with Gasteiger partial charge in [0.15, 0.2) is 0 Å². The zero-order valence-corrected chi connectivity index (χ0v) is 10.7. The number of hydrogen-bond acceptors (Lipinski definition) is 1. The monoisotopic (exact) mass is 265 g/mol. The molecule has 100 valence electrons. The van der Waals surface area contributed by atoms with Crippen molar-refractivity contribution in [2.45, 2.75) is 13.0 Å². The lowest BCUT2D eigenvalue weighted by Gasteiger charge is -2.19. The first-order valence-corrected chi connectivity index (χ1v) is 5.92. The van der Waals surface area contributed by atoms with Crippen molar-refractivity contribution in [3.63, 3.8) is 0 Å². The van der Waals surface area contributed by atoms with Crippen molar-refractivity contribution in [2.24, 2.45) is 0 Å². The highest BCUT2D eigenvalue weighted by atomic mass is 19.1. The fraction of sp³-hybridized carbons (Fsp3) is 0.200. The van der Waals surface area contributed by atoms with Gasteiger partial charge >= 0.3 is 0 Å². The molecule has 1 unspecified atom stereocenters. The zero-order valence-electron chi connectivity index (χ0n) is 10.7. The Morgan fingerprint density at radius 1 is 1.05 bits per heavy atom. The predicted octanol–water partition coefficient (Wildman–Crippen LogP) is 3.72. The number of benzene rings is 2. The summed E-state index contributed by atoms with van der Waals surface area (Å²) < 4.78 is 41.2. The van der Waals surface area contributed by atoms with Crippen LogP contribution >= 0.6 is 0 Å². The first kappa shape index (κ1) is 13.6. The Kier molecular flexibility index (Phi) is 3.90. The molecule has 1 N–H and O–H groups in total. The van der Waals surface area contributed by atoms with Gasteiger partial charge in [-0.3, -0.25) is 0 Å². The van der Waals surface area contributed by atoms with E-state index in [9.17, 15) is 13.2 Å². The smallest absolute Gasteiger partial charge is 0.134 e. The molecule has 0 heterocycles. The maximum absolute atomic E-state index is 14.1. The average Bonchev–Trinajstić information content (AvgIpc) is 2.39. The molecule has 0 aliphatic heterocycles. The van der Waals surface area contributed by atoms with E-state index in [1.807, 2.05) is 0 Å². The highest BCUT2D eigenvalue weighted by Gasteiger charge is 2.22. The number of rotatable bonds is 3. The summed E-state index contributed by atoms with van der Waals surface area (Å²) in [5, 5.41) is 2.82. The van der Waals surface area contributed by atoms with Crippen LogP contribution in [0.3, 0.4) is 0 Å². The first-order valence-electron chi connectivity index (χ1n) is 5.92. The summed E-state index contributed by atoms with van der Waals surface area (Å²) in [6.07, 6.45) is 0. The Morgan fingerprint density at radius 2 is 1.79 bits per heavy atom. The van der Waals surface area contributed by atoms with E-state index >= 15 is 0 Å². The Hall–Kier alpha value is -1.81. The third-order valence-corrected chi connectivity index (χ3v) is 3.08. The molecule has 0 aromatic heterocycles. The van der Waals surface area contributed by atoms with Crippen molar-refractivity contribution < 1.29 is 13.2 Å². The van der Waals surface area contributed by atoms with E-state index in [0.29, 0.717) is 11.1 Å². The molecule has 0 fully saturated rings. The van der Waals surface area contributed by atoms with Crippen LogP contribution in [-0.4, -0.2) is 7.05 Å². The van der Waals surface area contributed by atoms with Gasteiger partial charge in [0.25, 0.3) is 0 Å². The van der Waals surface area contributed by atoms with Crippen LogP contribution in [0.25, 0.3) is 0 Å². The van der Waals surface area contributed by atoms with Gasteiger partial charge in [-0.15, -0.1) is 0 Å². The molecule has 2 rings (SSSR count). The van der Waals surface area contributed by atoms with Crippen molar-refractivity contribution >= 4 is 0 Å². The number of nitrogens with one attached hydrogen (secondary N) is 1. The normalized spacial score (nSPS) is 12.5. The topological polar surface area (TPSA) is 12.0 Å². The lowest BCUT2D eigenvalue weighted by atomic mass is 9.96. The second kappa shape index (κ2) is 5.45. The largest absolute Gasteiger partial charge is 0.309 e. The molecule has 0 radical (unpaired) electrons. The Labute approximate surface area is 110 Å². The molecule has 1 atom stereocenters. The molecule has 0 saturated carbocycles. The van der Waals surface area contributed by atoms with Crippen LogP contribution in [0.5, 0.6) is 0 Å². The van der Waals surface area contributed by atoms with Crippen LogP contribution in [0.1, 0.15) is 22.7 Å². The fourth-order valence-corrected chi connectivity index (χ4v) is 2.11. The van der Waals surface area contributed by atoms with Gasteiger partial charge in [-0.2, -0.15) is 0 Å². The molecule has 1 nitrogen and oxygen atoms in total. The van der Waals surface area contributed by atoms with Gasteiger partial charge in [-0.05, 0) is 43.3 Å². The molecule has 4 heteroatoms. The molecular formula is C15H14F3N. The Balaban J connectivity index is 2.57. The second-order valence-corrected chi connectivity index (χ2v) is 4.37. The van der Waals surface area contributed by atoms with Crippen LogP contribution in [0.2, 0.25) is 0 Å². The van der Waals surface area contributed by atoms with E-state index in [1.54, 1.807) is 20.0 Å². The molecule has 19 heavy (non-hydrogen) atoms. The maximum Gasteiger partial charge on any atom is 0.134 e. The molecule has 2 aromatic rings. The van der Waals surface area contributed by atoms with Gasteiger partial charge in [0, 0.05) is 5.56 Å². The second-order valence-electron chi connectivity index (χ2n) is 4.37. The van der Waals surface area contributed by atoms with Gasteiger partial charge in [0.2, 0.25) is 0 Å². The zero-order chi connectivity index (χ0) is 14.0. The summed E-state index contributed by atoms with van der Waals surface area (Å²) in [5.41, 5.74) is 0.743. The van der Waals surface area contributed by atoms with Crippen molar-refractivity contribution in [3.05, 3.63) is 70.5 Å². The highest BCUT2D eigenvalue weighted by molar-refractivity contribution is 5.36. The average molecular weight is 265 g/mol. The van der Waals surface area contributed by atoms with Crippen LogP contribution in [0.4, 0.5) is 13.2 Å². The minimum atomic E-state index is -0.726. The molecule has 0 spiro atoms. The van der Waals surface area contributed by atoms with E-state index < -0.39 is 23.5 Å². The van der Waals surface area contributed by atoms with Crippen LogP contribution < -0.4 is 5.32 Å². The molecule has 0 aliphatic rings. The van der Waals surface area contributed by atoms with Crippen LogP contribution in [-0.2, 0) is 0 Å². The van der Waals surface area contributed by atoms with E-state index in [2.05, 4.69) is 5.32 Å². The van der Waals surface area contributed by atoms with Crippen LogP contribution in [0, 0.1) is 24.4 Å². The molecule has 0 saturated heterocycles. The summed E-state index contributed by atoms with van der Waals surface area (Å²) in [6.45, 7) is 1.57. The van der Waals surface area contributed by atoms with Gasteiger partial charge < -0.3 is 5.32 Å². The SMILES string of the molecule is CNC(c1cccc(F)c1)c1c(F)ccc(C)c1F. The maximum atomic E-state index is 14.1. The summed E-state index contributed by atoms with van der Waals surface area (Å²) in [4.78, 5) is 0. The lowest BCUT2D eigenvalue weighted by molar-refractivity contribution is 0.516. The number of hydrogen-bond donors (Lipinski definition) is 1. The fourth-order valence-electron chi connectivity index (χ4n) is 2.11. The molecule has 0 amide bonds. The van der Waals surface area contributed by atoms with E-state index in [4.69, 9.17) is 0 Å². The summed E-state index contributed by atoms with van der Waals surface area (Å²) >= 11 is 0. The third-order valence-electron chi connectivity index (χ3n) is 3.08. The molecule has 0 aliphatic carbocycles. The quantitative estimate of drug-likeness (QED) is 0.891. The highest BCUT2D eigenvalue weighted by Crippen LogP contribution is 2.28. The summed E-state index contributed by atoms with van der Waals surface area (Å²) in [6, 6.07) is 7.58. The van der Waals surface area contributed by atoms with Crippen molar-refractivity contribution in [1.29, 1.82) is 0 Å². The van der Waals surface area contributed by atoms with Gasteiger partial charge in [0.05, 0.1) is 6.04 Å². The minimum Gasteiger partial charge on any atom is -0.309 e. The van der Waals surface area contributed by atoms with Crippen LogP contribution in [0.15, 0.2) is 36.4 Å². The van der Waals surface area contributed by atoms with Crippen molar-refractivity contribution in [3.8, 4) is 0 Å². The lowest BCUT2D eigenvalue weighted by Crippen LogP contribution is -2.21. The Bertz CT molecular complexity index is 596. The number of halogens is 3. The Morgan fingerprint density at radius 3 is 2.42 bits per heavy atom. The molecule has 2 aromatic carbocycles. The van der Waals surface area contributed by atoms with Gasteiger partial charge in [-0.25, -0.2) is 13.2 Å².